The highest BCUT2D eigenvalue weighted by molar-refractivity contribution is 5.80. The summed E-state index contributed by atoms with van der Waals surface area (Å²) in [6.45, 7) is 7.66. The van der Waals surface area contributed by atoms with Gasteiger partial charge < -0.3 is 25.4 Å². The van der Waals surface area contributed by atoms with Crippen LogP contribution in [-0.4, -0.2) is 56.5 Å². The Labute approximate surface area is 169 Å². The number of guanidine groups is 1. The minimum atomic E-state index is -0.250. The van der Waals surface area contributed by atoms with Crippen molar-refractivity contribution < 1.29 is 9.84 Å². The Morgan fingerprint density at radius 1 is 1.32 bits per heavy atom. The molecule has 1 saturated carbocycles. The number of methoxy groups -OCH3 is 1. The summed E-state index contributed by atoms with van der Waals surface area (Å²) in [7, 11) is 1.72. The molecule has 1 aliphatic carbocycles. The van der Waals surface area contributed by atoms with Crippen LogP contribution < -0.4 is 20.3 Å². The highest BCUT2D eigenvalue weighted by atomic mass is 16.5. The van der Waals surface area contributed by atoms with Gasteiger partial charge in [0.15, 0.2) is 5.96 Å². The maximum absolute atomic E-state index is 10.4. The number of hydrogen-bond acceptors (Lipinski definition) is 4. The van der Waals surface area contributed by atoms with Crippen LogP contribution in [0.5, 0.6) is 5.75 Å². The molecule has 1 aromatic carbocycles. The lowest BCUT2D eigenvalue weighted by atomic mass is 9.73. The highest BCUT2D eigenvalue weighted by Crippen LogP contribution is 2.36. The summed E-state index contributed by atoms with van der Waals surface area (Å²) >= 11 is 0. The van der Waals surface area contributed by atoms with Crippen LogP contribution in [0.2, 0.25) is 0 Å². The van der Waals surface area contributed by atoms with E-state index >= 15 is 0 Å². The molecule has 3 unspecified atom stereocenters. The van der Waals surface area contributed by atoms with Crippen LogP contribution >= 0.6 is 0 Å². The van der Waals surface area contributed by atoms with E-state index in [1.165, 1.54) is 6.42 Å². The Hall–Kier alpha value is -1.95. The van der Waals surface area contributed by atoms with Crippen molar-refractivity contribution in [2.75, 3.05) is 38.2 Å². The Morgan fingerprint density at radius 3 is 2.89 bits per heavy atom. The quantitative estimate of drug-likeness (QED) is 0.516. The van der Waals surface area contributed by atoms with Gasteiger partial charge in [-0.15, -0.1) is 0 Å². The Morgan fingerprint density at radius 2 is 2.14 bits per heavy atom. The first-order valence-corrected chi connectivity index (χ1v) is 10.7. The molecule has 28 heavy (non-hydrogen) atoms. The molecule has 3 rings (SSSR count). The largest absolute Gasteiger partial charge is 0.495 e. The Balaban J connectivity index is 1.61. The lowest BCUT2D eigenvalue weighted by molar-refractivity contribution is 0.00716. The minimum Gasteiger partial charge on any atom is -0.495 e. The fraction of sp³-hybridized carbons (Fsp3) is 0.682. The molecule has 1 saturated heterocycles. The van der Waals surface area contributed by atoms with Gasteiger partial charge in [0.2, 0.25) is 0 Å². The zero-order valence-electron chi connectivity index (χ0n) is 17.6. The first kappa shape index (κ1) is 20.8. The van der Waals surface area contributed by atoms with Crippen molar-refractivity contribution in [3.05, 3.63) is 24.3 Å². The van der Waals surface area contributed by atoms with E-state index < -0.39 is 0 Å². The van der Waals surface area contributed by atoms with Crippen molar-refractivity contribution in [1.29, 1.82) is 0 Å². The second-order valence-electron chi connectivity index (χ2n) is 8.36. The van der Waals surface area contributed by atoms with Gasteiger partial charge in [0.05, 0.1) is 25.4 Å². The number of nitrogens with one attached hydrogen (secondary N) is 2. The van der Waals surface area contributed by atoms with E-state index in [9.17, 15) is 5.11 Å². The molecule has 6 nitrogen and oxygen atoms in total. The summed E-state index contributed by atoms with van der Waals surface area (Å²) in [5, 5.41) is 17.4. The van der Waals surface area contributed by atoms with Crippen molar-refractivity contribution in [1.82, 2.24) is 10.6 Å². The van der Waals surface area contributed by atoms with Crippen LogP contribution in [0.3, 0.4) is 0 Å². The lowest BCUT2D eigenvalue weighted by Gasteiger charge is -2.37. The fourth-order valence-corrected chi connectivity index (χ4v) is 4.33. The third-order valence-electron chi connectivity index (χ3n) is 6.18. The van der Waals surface area contributed by atoms with E-state index in [4.69, 9.17) is 9.73 Å². The monoisotopic (exact) mass is 388 g/mol. The third kappa shape index (κ3) is 4.90. The van der Waals surface area contributed by atoms with Gasteiger partial charge in [0.1, 0.15) is 5.75 Å². The van der Waals surface area contributed by atoms with E-state index in [-0.39, 0.29) is 11.5 Å². The van der Waals surface area contributed by atoms with E-state index in [0.29, 0.717) is 12.6 Å². The summed E-state index contributed by atoms with van der Waals surface area (Å²) < 4.78 is 5.52. The smallest absolute Gasteiger partial charge is 0.191 e. The SMILES string of the molecule is CCNC(=NCC1(C)CCCCC1O)NC1CCN(c2ccccc2OC)C1. The Bertz CT molecular complexity index is 666. The molecule has 0 radical (unpaired) electrons. The number of hydrogen-bond donors (Lipinski definition) is 3. The Kier molecular flexibility index (Phi) is 7.05. The molecule has 6 heteroatoms. The van der Waals surface area contributed by atoms with Gasteiger partial charge in [-0.1, -0.05) is 31.9 Å². The van der Waals surface area contributed by atoms with Crippen LogP contribution in [0.4, 0.5) is 5.69 Å². The van der Waals surface area contributed by atoms with Crippen molar-refractivity contribution in [3.63, 3.8) is 0 Å². The fourth-order valence-electron chi connectivity index (χ4n) is 4.33. The zero-order chi connectivity index (χ0) is 20.0. The summed E-state index contributed by atoms with van der Waals surface area (Å²) in [6, 6.07) is 8.53. The molecule has 156 valence electrons. The number of aliphatic hydroxyl groups excluding tert-OH is 1. The summed E-state index contributed by atoms with van der Waals surface area (Å²) in [5.41, 5.74) is 1.04. The minimum absolute atomic E-state index is 0.111. The normalized spacial score (nSPS) is 28.3. The highest BCUT2D eigenvalue weighted by Gasteiger charge is 2.35. The van der Waals surface area contributed by atoms with Gasteiger partial charge in [0, 0.05) is 31.1 Å². The summed E-state index contributed by atoms with van der Waals surface area (Å²) in [6.07, 6.45) is 5.06. The van der Waals surface area contributed by atoms with Crippen LogP contribution in [0.15, 0.2) is 29.3 Å². The molecule has 2 fully saturated rings. The van der Waals surface area contributed by atoms with Crippen molar-refractivity contribution in [3.8, 4) is 5.75 Å². The average Bonchev–Trinajstić information content (AvgIpc) is 3.17. The van der Waals surface area contributed by atoms with Gasteiger partial charge in [0.25, 0.3) is 0 Å². The van der Waals surface area contributed by atoms with E-state index in [2.05, 4.69) is 41.5 Å². The number of ether oxygens (including phenoxy) is 1. The first-order valence-electron chi connectivity index (χ1n) is 10.7. The molecular formula is C22H36N4O2. The standard InChI is InChI=1S/C22H36N4O2/c1-4-23-21(24-16-22(2)13-8-7-11-20(22)27)25-17-12-14-26(15-17)18-9-5-6-10-19(18)28-3/h5-6,9-10,17,20,27H,4,7-8,11-16H2,1-3H3,(H2,23,24,25). The van der Waals surface area contributed by atoms with Gasteiger partial charge in [-0.3, -0.25) is 4.99 Å². The van der Waals surface area contributed by atoms with Crippen molar-refractivity contribution in [2.45, 2.75) is 58.1 Å². The number of para-hydroxylation sites is 2. The second kappa shape index (κ2) is 9.50. The van der Waals surface area contributed by atoms with Gasteiger partial charge >= 0.3 is 0 Å². The molecule has 1 aromatic rings. The average molecular weight is 389 g/mol. The molecule has 2 aliphatic rings. The van der Waals surface area contributed by atoms with Crippen LogP contribution in [0.25, 0.3) is 0 Å². The van der Waals surface area contributed by atoms with Crippen LogP contribution in [0.1, 0.15) is 46.0 Å². The maximum Gasteiger partial charge on any atom is 0.191 e. The number of aliphatic imine (C=N–C) groups is 1. The number of aliphatic hydroxyl groups is 1. The second-order valence-corrected chi connectivity index (χ2v) is 8.36. The number of rotatable bonds is 6. The van der Waals surface area contributed by atoms with Crippen molar-refractivity contribution in [2.24, 2.45) is 10.4 Å². The summed E-state index contributed by atoms with van der Waals surface area (Å²) in [5.74, 6) is 1.77. The van der Waals surface area contributed by atoms with Crippen LogP contribution in [0, 0.1) is 5.41 Å². The number of nitrogens with zero attached hydrogens (tertiary/aromatic N) is 2. The van der Waals surface area contributed by atoms with E-state index in [1.807, 2.05) is 12.1 Å². The molecule has 0 aromatic heterocycles. The molecule has 0 amide bonds. The number of benzene rings is 1. The topological polar surface area (TPSA) is 69.1 Å². The predicted octanol–water partition coefficient (Wildman–Crippen LogP) is 2.77. The van der Waals surface area contributed by atoms with Crippen LogP contribution in [-0.2, 0) is 0 Å². The predicted molar refractivity (Wildman–Crippen MR) is 115 cm³/mol. The molecule has 0 spiro atoms. The molecular weight excluding hydrogens is 352 g/mol. The van der Waals surface area contributed by atoms with Gasteiger partial charge in [-0.05, 0) is 38.3 Å². The molecule has 1 aliphatic heterocycles. The van der Waals surface area contributed by atoms with Gasteiger partial charge in [-0.2, -0.15) is 0 Å². The molecule has 3 N–H and O–H groups in total. The molecule has 1 heterocycles. The lowest BCUT2D eigenvalue weighted by Crippen LogP contribution is -2.46. The van der Waals surface area contributed by atoms with E-state index in [1.54, 1.807) is 7.11 Å². The third-order valence-corrected chi connectivity index (χ3v) is 6.18. The molecule has 3 atom stereocenters. The molecule has 0 bridgehead atoms. The first-order chi connectivity index (χ1) is 13.6. The summed E-state index contributed by atoms with van der Waals surface area (Å²) in [4.78, 5) is 7.21. The maximum atomic E-state index is 10.4. The zero-order valence-corrected chi connectivity index (χ0v) is 17.6. The van der Waals surface area contributed by atoms with Crippen molar-refractivity contribution >= 4 is 11.6 Å². The van der Waals surface area contributed by atoms with E-state index in [0.717, 1.165) is 62.7 Å². The van der Waals surface area contributed by atoms with Gasteiger partial charge in [-0.25, -0.2) is 0 Å². The number of anilines is 1.